The second-order valence-electron chi connectivity index (χ2n) is 2.43. The second-order valence-corrected chi connectivity index (χ2v) is 2.43. The molecule has 0 aliphatic rings. The monoisotopic (exact) mass is 221 g/mol. The fourth-order valence-corrected chi connectivity index (χ4v) is 0.652. The maximum atomic E-state index is 11.6. The third kappa shape index (κ3) is 4.36. The van der Waals surface area contributed by atoms with E-state index in [0.717, 1.165) is 6.20 Å². The Labute approximate surface area is 82.2 Å². The first-order valence-corrected chi connectivity index (χ1v) is 3.74. The summed E-state index contributed by atoms with van der Waals surface area (Å²) < 4.78 is 34.8. The van der Waals surface area contributed by atoms with Gasteiger partial charge in [-0.25, -0.2) is 10.5 Å². The van der Waals surface area contributed by atoms with Gasteiger partial charge in [0.25, 0.3) is 5.91 Å². The fourth-order valence-electron chi connectivity index (χ4n) is 0.652. The Balaban J connectivity index is 2.38. The van der Waals surface area contributed by atoms with Gasteiger partial charge in [-0.05, 0) is 0 Å². The normalized spacial score (nSPS) is 11.1. The number of hydrogen-bond acceptors (Lipinski definition) is 4. The number of nitrogens with zero attached hydrogens (tertiary/aromatic N) is 2. The van der Waals surface area contributed by atoms with Gasteiger partial charge in [-0.2, -0.15) is 13.2 Å². The molecule has 0 radical (unpaired) electrons. The van der Waals surface area contributed by atoms with Crippen LogP contribution in [-0.2, 0) is 4.84 Å². The number of alkyl halides is 3. The van der Waals surface area contributed by atoms with Crippen molar-refractivity contribution < 1.29 is 22.8 Å². The largest absolute Gasteiger partial charge is 0.414 e. The highest BCUT2D eigenvalue weighted by atomic mass is 19.4. The minimum Gasteiger partial charge on any atom is -0.265 e. The van der Waals surface area contributed by atoms with Crippen LogP contribution in [0.1, 0.15) is 10.5 Å². The van der Waals surface area contributed by atoms with E-state index in [1.807, 2.05) is 0 Å². The van der Waals surface area contributed by atoms with Crippen LogP contribution in [0.4, 0.5) is 13.2 Å². The number of nitrogens with one attached hydrogen (secondary N) is 1. The van der Waals surface area contributed by atoms with Crippen molar-refractivity contribution in [1.29, 1.82) is 0 Å². The summed E-state index contributed by atoms with van der Waals surface area (Å²) in [6.07, 6.45) is -0.825. The molecule has 1 N–H and O–H groups in total. The van der Waals surface area contributed by atoms with Crippen molar-refractivity contribution in [2.45, 2.75) is 6.18 Å². The van der Waals surface area contributed by atoms with Crippen molar-refractivity contribution in [1.82, 2.24) is 15.4 Å². The van der Waals surface area contributed by atoms with E-state index in [1.54, 1.807) is 5.48 Å². The first kappa shape index (κ1) is 11.4. The summed E-state index contributed by atoms with van der Waals surface area (Å²) in [7, 11) is 0. The van der Waals surface area contributed by atoms with Gasteiger partial charge in [0.15, 0.2) is 6.61 Å². The molecular formula is C7H6F3N3O2. The van der Waals surface area contributed by atoms with Crippen molar-refractivity contribution in [3.8, 4) is 0 Å². The molecule has 15 heavy (non-hydrogen) atoms. The lowest BCUT2D eigenvalue weighted by molar-refractivity contribution is -0.184. The molecule has 1 aromatic rings. The molecule has 1 amide bonds. The Morgan fingerprint density at radius 3 is 2.73 bits per heavy atom. The summed E-state index contributed by atoms with van der Waals surface area (Å²) in [4.78, 5) is 22.1. The van der Waals surface area contributed by atoms with Crippen molar-refractivity contribution in [2.75, 3.05) is 6.61 Å². The van der Waals surface area contributed by atoms with E-state index in [1.165, 1.54) is 12.4 Å². The maximum Gasteiger partial charge on any atom is 0.414 e. The van der Waals surface area contributed by atoms with Crippen LogP contribution < -0.4 is 5.48 Å². The van der Waals surface area contributed by atoms with Crippen molar-refractivity contribution >= 4 is 5.91 Å². The summed E-state index contributed by atoms with van der Waals surface area (Å²) in [6, 6.07) is 0. The van der Waals surface area contributed by atoms with Gasteiger partial charge in [-0.3, -0.25) is 14.6 Å². The number of carbonyl (C=O) groups is 1. The molecule has 0 unspecified atom stereocenters. The van der Waals surface area contributed by atoms with Crippen molar-refractivity contribution in [3.63, 3.8) is 0 Å². The second kappa shape index (κ2) is 4.69. The van der Waals surface area contributed by atoms with Gasteiger partial charge in [-0.1, -0.05) is 0 Å². The molecule has 0 spiro atoms. The molecule has 0 aromatic carbocycles. The van der Waals surface area contributed by atoms with E-state index in [2.05, 4.69) is 14.8 Å². The molecular weight excluding hydrogens is 215 g/mol. The van der Waals surface area contributed by atoms with E-state index in [9.17, 15) is 18.0 Å². The molecule has 82 valence electrons. The minimum absolute atomic E-state index is 0.125. The average Bonchev–Trinajstić information content (AvgIpc) is 2.17. The molecule has 1 aromatic heterocycles. The molecule has 1 heterocycles. The van der Waals surface area contributed by atoms with Crippen LogP contribution in [0.15, 0.2) is 18.6 Å². The number of aromatic nitrogens is 2. The summed E-state index contributed by atoms with van der Waals surface area (Å²) in [6.45, 7) is -1.56. The molecule has 0 fully saturated rings. The van der Waals surface area contributed by atoms with Gasteiger partial charge in [-0.15, -0.1) is 0 Å². The number of halogens is 3. The van der Waals surface area contributed by atoms with Gasteiger partial charge in [0.2, 0.25) is 0 Å². The van der Waals surface area contributed by atoms with Gasteiger partial charge < -0.3 is 0 Å². The summed E-state index contributed by atoms with van der Waals surface area (Å²) in [5.41, 5.74) is 1.47. The third-order valence-electron chi connectivity index (χ3n) is 1.20. The Morgan fingerprint density at radius 1 is 1.47 bits per heavy atom. The van der Waals surface area contributed by atoms with Crippen LogP contribution in [-0.4, -0.2) is 28.7 Å². The van der Waals surface area contributed by atoms with E-state index >= 15 is 0 Å². The molecule has 0 atom stereocenters. The van der Waals surface area contributed by atoms with E-state index in [-0.39, 0.29) is 5.69 Å². The van der Waals surface area contributed by atoms with Crippen LogP contribution in [0.3, 0.4) is 0 Å². The Bertz CT molecular complexity index is 328. The number of hydrogen-bond donors (Lipinski definition) is 1. The lowest BCUT2D eigenvalue weighted by atomic mass is 10.4. The average molecular weight is 221 g/mol. The lowest BCUT2D eigenvalue weighted by Crippen LogP contribution is -2.30. The molecule has 0 bridgehead atoms. The van der Waals surface area contributed by atoms with Gasteiger partial charge in [0.05, 0.1) is 6.20 Å². The van der Waals surface area contributed by atoms with E-state index < -0.39 is 18.7 Å². The quantitative estimate of drug-likeness (QED) is 0.763. The van der Waals surface area contributed by atoms with E-state index in [4.69, 9.17) is 0 Å². The van der Waals surface area contributed by atoms with Crippen LogP contribution in [0, 0.1) is 0 Å². The molecule has 0 aliphatic carbocycles. The fraction of sp³-hybridized carbons (Fsp3) is 0.286. The zero-order chi connectivity index (χ0) is 11.3. The topological polar surface area (TPSA) is 64.1 Å². The zero-order valence-corrected chi connectivity index (χ0v) is 7.28. The molecule has 5 nitrogen and oxygen atoms in total. The first-order chi connectivity index (χ1) is 6.99. The molecule has 8 heteroatoms. The predicted molar refractivity (Wildman–Crippen MR) is 41.5 cm³/mol. The number of amides is 1. The predicted octanol–water partition coefficient (Wildman–Crippen LogP) is 0.700. The number of carbonyl (C=O) groups excluding carboxylic acids is 1. The highest BCUT2D eigenvalue weighted by molar-refractivity contribution is 5.90. The van der Waals surface area contributed by atoms with Crippen LogP contribution in [0.5, 0.6) is 0 Å². The SMILES string of the molecule is O=C(NOCC(F)(F)F)c1cnccn1. The summed E-state index contributed by atoms with van der Waals surface area (Å²) in [5.74, 6) is -0.882. The molecule has 0 saturated carbocycles. The van der Waals surface area contributed by atoms with Crippen LogP contribution in [0.25, 0.3) is 0 Å². The van der Waals surface area contributed by atoms with Gasteiger partial charge in [0.1, 0.15) is 5.69 Å². The smallest absolute Gasteiger partial charge is 0.265 e. The standard InChI is InChI=1S/C7H6F3N3O2/c8-7(9,10)4-15-13-6(14)5-3-11-1-2-12-5/h1-3H,4H2,(H,13,14). The Kier molecular flexibility index (Phi) is 3.56. The van der Waals surface area contributed by atoms with Gasteiger partial charge in [0, 0.05) is 12.4 Å². The third-order valence-corrected chi connectivity index (χ3v) is 1.20. The van der Waals surface area contributed by atoms with E-state index in [0.29, 0.717) is 0 Å². The Morgan fingerprint density at radius 2 is 2.20 bits per heavy atom. The highest BCUT2D eigenvalue weighted by Crippen LogP contribution is 2.13. The number of rotatable bonds is 3. The summed E-state index contributed by atoms with van der Waals surface area (Å²) >= 11 is 0. The van der Waals surface area contributed by atoms with Gasteiger partial charge >= 0.3 is 6.18 Å². The minimum atomic E-state index is -4.49. The molecule has 0 saturated heterocycles. The van der Waals surface area contributed by atoms with Crippen molar-refractivity contribution in [2.24, 2.45) is 0 Å². The molecule has 1 rings (SSSR count). The first-order valence-electron chi connectivity index (χ1n) is 3.74. The lowest BCUT2D eigenvalue weighted by Gasteiger charge is -2.07. The molecule has 0 aliphatic heterocycles. The van der Waals surface area contributed by atoms with Crippen molar-refractivity contribution in [3.05, 3.63) is 24.3 Å². The zero-order valence-electron chi connectivity index (χ0n) is 7.28. The highest BCUT2D eigenvalue weighted by Gasteiger charge is 2.28. The number of hydroxylamine groups is 1. The van der Waals surface area contributed by atoms with Crippen LogP contribution >= 0.6 is 0 Å². The van der Waals surface area contributed by atoms with Crippen LogP contribution in [0.2, 0.25) is 0 Å². The Hall–Kier alpha value is -1.70. The summed E-state index contributed by atoms with van der Waals surface area (Å²) in [5, 5.41) is 0. The maximum absolute atomic E-state index is 11.6.